The van der Waals surface area contributed by atoms with E-state index in [1.54, 1.807) is 0 Å². The van der Waals surface area contributed by atoms with Crippen molar-refractivity contribution in [3.8, 4) is 0 Å². The third-order valence-corrected chi connectivity index (χ3v) is 2.28. The molecule has 0 fully saturated rings. The fourth-order valence-corrected chi connectivity index (χ4v) is 1.25. The number of nitrogens with one attached hydrogen (secondary N) is 1. The SMILES string of the molecule is O=S(=O)(NCCBr)C(F)(F)F. The smallest absolute Gasteiger partial charge is 0.207 e. The third kappa shape index (κ3) is 3.39. The Morgan fingerprint density at radius 1 is 1.36 bits per heavy atom. The van der Waals surface area contributed by atoms with Crippen LogP contribution in [0.25, 0.3) is 0 Å². The molecule has 68 valence electrons. The highest BCUT2D eigenvalue weighted by Gasteiger charge is 2.45. The average Bonchev–Trinajstić information content (AvgIpc) is 1.81. The second-order valence-electron chi connectivity index (χ2n) is 1.53. The van der Waals surface area contributed by atoms with Crippen molar-refractivity contribution in [2.24, 2.45) is 0 Å². The van der Waals surface area contributed by atoms with Gasteiger partial charge < -0.3 is 0 Å². The van der Waals surface area contributed by atoms with Gasteiger partial charge in [-0.05, 0) is 0 Å². The maximum Gasteiger partial charge on any atom is 0.511 e. The molecule has 0 aliphatic heterocycles. The molecule has 0 rings (SSSR count). The summed E-state index contributed by atoms with van der Waals surface area (Å²) in [6.07, 6.45) is 0. The van der Waals surface area contributed by atoms with Crippen molar-refractivity contribution in [2.75, 3.05) is 11.9 Å². The molecule has 0 atom stereocenters. The lowest BCUT2D eigenvalue weighted by Crippen LogP contribution is -2.37. The van der Waals surface area contributed by atoms with E-state index < -0.39 is 15.5 Å². The first kappa shape index (κ1) is 11.2. The lowest BCUT2D eigenvalue weighted by molar-refractivity contribution is -0.0447. The van der Waals surface area contributed by atoms with Crippen molar-refractivity contribution in [2.45, 2.75) is 5.51 Å². The predicted octanol–water partition coefficient (Wildman–Crippen LogP) is 0.821. The van der Waals surface area contributed by atoms with E-state index in [0.29, 0.717) is 0 Å². The van der Waals surface area contributed by atoms with Crippen molar-refractivity contribution in [1.29, 1.82) is 0 Å². The van der Waals surface area contributed by atoms with Crippen LogP contribution in [0.5, 0.6) is 0 Å². The summed E-state index contributed by atoms with van der Waals surface area (Å²) in [6, 6.07) is 0. The minimum Gasteiger partial charge on any atom is -0.207 e. The molecular formula is C3H5BrF3NO2S. The molecule has 0 aromatic rings. The Morgan fingerprint density at radius 2 is 1.82 bits per heavy atom. The van der Waals surface area contributed by atoms with E-state index >= 15 is 0 Å². The van der Waals surface area contributed by atoms with E-state index in [4.69, 9.17) is 0 Å². The van der Waals surface area contributed by atoms with Crippen LogP contribution in [0.1, 0.15) is 0 Å². The molecule has 11 heavy (non-hydrogen) atoms. The van der Waals surface area contributed by atoms with Gasteiger partial charge in [0.1, 0.15) is 0 Å². The highest BCUT2D eigenvalue weighted by atomic mass is 79.9. The zero-order valence-electron chi connectivity index (χ0n) is 5.15. The first-order valence-corrected chi connectivity index (χ1v) is 5.03. The number of alkyl halides is 4. The van der Waals surface area contributed by atoms with Crippen LogP contribution in [0.4, 0.5) is 13.2 Å². The second-order valence-corrected chi connectivity index (χ2v) is 4.08. The fourth-order valence-electron chi connectivity index (χ4n) is 0.255. The first-order valence-electron chi connectivity index (χ1n) is 2.43. The summed E-state index contributed by atoms with van der Waals surface area (Å²) in [7, 11) is -5.14. The largest absolute Gasteiger partial charge is 0.511 e. The van der Waals surface area contributed by atoms with Crippen LogP contribution in [0, 0.1) is 0 Å². The predicted molar refractivity (Wildman–Crippen MR) is 36.8 cm³/mol. The van der Waals surface area contributed by atoms with Crippen LogP contribution in [0.15, 0.2) is 0 Å². The van der Waals surface area contributed by atoms with Crippen molar-refractivity contribution >= 4 is 26.0 Å². The summed E-state index contributed by atoms with van der Waals surface area (Å²) in [5, 5.41) is 0.141. The number of hydrogen-bond donors (Lipinski definition) is 1. The van der Waals surface area contributed by atoms with Crippen molar-refractivity contribution < 1.29 is 21.6 Å². The average molecular weight is 256 g/mol. The summed E-state index contributed by atoms with van der Waals surface area (Å²) in [5.41, 5.74) is -5.21. The van der Waals surface area contributed by atoms with Crippen LogP contribution in [0.3, 0.4) is 0 Å². The van der Waals surface area contributed by atoms with Crippen molar-refractivity contribution in [1.82, 2.24) is 4.72 Å². The Balaban J connectivity index is 4.26. The van der Waals surface area contributed by atoms with E-state index in [1.165, 1.54) is 4.72 Å². The van der Waals surface area contributed by atoms with Gasteiger partial charge >= 0.3 is 15.5 Å². The Labute approximate surface area is 70.1 Å². The molecule has 0 aliphatic carbocycles. The number of hydrogen-bond acceptors (Lipinski definition) is 2. The minimum absolute atomic E-state index is 0.141. The van der Waals surface area contributed by atoms with Crippen LogP contribution in [-0.2, 0) is 10.0 Å². The summed E-state index contributed by atoms with van der Waals surface area (Å²) in [5.74, 6) is 0. The Morgan fingerprint density at radius 3 is 2.09 bits per heavy atom. The van der Waals surface area contributed by atoms with E-state index in [1.807, 2.05) is 0 Å². The molecule has 0 aromatic heterocycles. The zero-order valence-corrected chi connectivity index (χ0v) is 7.55. The van der Waals surface area contributed by atoms with Gasteiger partial charge in [-0.1, -0.05) is 15.9 Å². The highest BCUT2D eigenvalue weighted by Crippen LogP contribution is 2.21. The minimum atomic E-state index is -5.21. The van der Waals surface area contributed by atoms with Gasteiger partial charge in [0.15, 0.2) is 0 Å². The Kier molecular flexibility index (Phi) is 3.78. The molecule has 3 nitrogen and oxygen atoms in total. The van der Waals surface area contributed by atoms with Crippen molar-refractivity contribution in [3.05, 3.63) is 0 Å². The molecule has 0 unspecified atom stereocenters. The Bertz CT molecular complexity index is 211. The molecule has 0 heterocycles. The van der Waals surface area contributed by atoms with Crippen molar-refractivity contribution in [3.63, 3.8) is 0 Å². The number of rotatable bonds is 3. The van der Waals surface area contributed by atoms with E-state index in [2.05, 4.69) is 15.9 Å². The standard InChI is InChI=1S/C3H5BrF3NO2S/c4-1-2-8-11(9,10)3(5,6)7/h8H,1-2H2. The second kappa shape index (κ2) is 3.72. The topological polar surface area (TPSA) is 46.2 Å². The van der Waals surface area contributed by atoms with Crippen LogP contribution < -0.4 is 4.72 Å². The van der Waals surface area contributed by atoms with E-state index in [0.717, 1.165) is 0 Å². The molecule has 0 saturated heterocycles. The summed E-state index contributed by atoms with van der Waals surface area (Å²) in [6.45, 7) is -0.276. The first-order chi connectivity index (χ1) is 4.81. The number of sulfonamides is 1. The fraction of sp³-hybridized carbons (Fsp3) is 1.00. The molecule has 0 aliphatic rings. The molecule has 8 heteroatoms. The normalized spacial score (nSPS) is 13.5. The van der Waals surface area contributed by atoms with Gasteiger partial charge in [-0.2, -0.15) is 13.2 Å². The molecule has 0 amide bonds. The van der Waals surface area contributed by atoms with Gasteiger partial charge in [0.05, 0.1) is 0 Å². The highest BCUT2D eigenvalue weighted by molar-refractivity contribution is 9.09. The summed E-state index contributed by atoms with van der Waals surface area (Å²) < 4.78 is 56.1. The quantitative estimate of drug-likeness (QED) is 0.760. The molecule has 1 N–H and O–H groups in total. The molecule has 0 bridgehead atoms. The molecular weight excluding hydrogens is 251 g/mol. The monoisotopic (exact) mass is 255 g/mol. The maximum absolute atomic E-state index is 11.5. The van der Waals surface area contributed by atoms with Gasteiger partial charge in [-0.25, -0.2) is 13.1 Å². The van der Waals surface area contributed by atoms with E-state index in [9.17, 15) is 21.6 Å². The van der Waals surface area contributed by atoms with Crippen LogP contribution in [0.2, 0.25) is 0 Å². The Hall–Kier alpha value is 0.180. The lowest BCUT2D eigenvalue weighted by Gasteiger charge is -2.07. The molecule has 0 radical (unpaired) electrons. The van der Waals surface area contributed by atoms with Crippen LogP contribution in [-0.4, -0.2) is 25.8 Å². The maximum atomic E-state index is 11.5. The number of halogens is 4. The summed E-state index contributed by atoms with van der Waals surface area (Å²) in [4.78, 5) is 0. The van der Waals surface area contributed by atoms with Crippen LogP contribution >= 0.6 is 15.9 Å². The molecule has 0 aromatic carbocycles. The third-order valence-electron chi connectivity index (χ3n) is 0.691. The van der Waals surface area contributed by atoms with Gasteiger partial charge in [-0.15, -0.1) is 0 Å². The van der Waals surface area contributed by atoms with Gasteiger partial charge in [0, 0.05) is 11.9 Å². The zero-order chi connectivity index (χ0) is 9.12. The molecule has 0 saturated carbocycles. The lowest BCUT2D eigenvalue weighted by atomic mass is 10.8. The summed E-state index contributed by atoms with van der Waals surface area (Å²) >= 11 is 2.77. The van der Waals surface area contributed by atoms with Gasteiger partial charge in [0.25, 0.3) is 0 Å². The van der Waals surface area contributed by atoms with Gasteiger partial charge in [-0.3, -0.25) is 0 Å². The molecule has 0 spiro atoms. The van der Waals surface area contributed by atoms with E-state index in [-0.39, 0.29) is 11.9 Å². The van der Waals surface area contributed by atoms with Gasteiger partial charge in [0.2, 0.25) is 0 Å².